The number of ketones is 1. The molecule has 2 saturated heterocycles. The van der Waals surface area contributed by atoms with Crippen LogP contribution in [-0.4, -0.2) is 53.9 Å². The van der Waals surface area contributed by atoms with Gasteiger partial charge in [0.2, 0.25) is 11.7 Å². The minimum Gasteiger partial charge on any atom is -0.356 e. The normalized spacial score (nSPS) is 17.9. The van der Waals surface area contributed by atoms with Crippen LogP contribution in [0.25, 0.3) is 0 Å². The van der Waals surface area contributed by atoms with E-state index in [4.69, 9.17) is 5.26 Å². The van der Waals surface area contributed by atoms with Crippen molar-refractivity contribution >= 4 is 23.3 Å². The lowest BCUT2D eigenvalue weighted by Crippen LogP contribution is -2.38. The van der Waals surface area contributed by atoms with Gasteiger partial charge in [0.15, 0.2) is 5.78 Å². The number of nitrogens with zero attached hydrogens (tertiary/aromatic N) is 5. The molecule has 220 valence electrons. The Morgan fingerprint density at radius 3 is 2.41 bits per heavy atom. The summed E-state index contributed by atoms with van der Waals surface area (Å²) < 4.78 is 41.5. The predicted molar refractivity (Wildman–Crippen MR) is 149 cm³/mol. The first-order chi connectivity index (χ1) is 19.7. The number of nitriles is 1. The summed E-state index contributed by atoms with van der Waals surface area (Å²) in [6.45, 7) is 4.02. The number of alkyl halides is 3. The monoisotopic (exact) mass is 570 g/mol. The number of piperidine rings is 1. The molecule has 2 aromatic rings. The van der Waals surface area contributed by atoms with Gasteiger partial charge in [-0.05, 0) is 75.5 Å². The van der Waals surface area contributed by atoms with Crippen LogP contribution in [-0.2, 0) is 22.2 Å². The molecule has 1 aromatic carbocycles. The van der Waals surface area contributed by atoms with Crippen LogP contribution in [0.5, 0.6) is 0 Å². The summed E-state index contributed by atoms with van der Waals surface area (Å²) in [5.74, 6) is -0.469. The van der Waals surface area contributed by atoms with E-state index in [-0.39, 0.29) is 23.3 Å². The number of hydrogen-bond donors (Lipinski definition) is 1. The van der Waals surface area contributed by atoms with E-state index in [0.29, 0.717) is 76.2 Å². The lowest BCUT2D eigenvalue weighted by atomic mass is 9.92. The molecule has 41 heavy (non-hydrogen) atoms. The van der Waals surface area contributed by atoms with Gasteiger partial charge in [0, 0.05) is 45.1 Å². The maximum Gasteiger partial charge on any atom is 0.451 e. The third-order valence-corrected chi connectivity index (χ3v) is 7.94. The van der Waals surface area contributed by atoms with Gasteiger partial charge in [-0.15, -0.1) is 0 Å². The number of benzene rings is 1. The van der Waals surface area contributed by atoms with Crippen molar-refractivity contribution < 1.29 is 22.8 Å². The predicted octanol–water partition coefficient (Wildman–Crippen LogP) is 5.06. The van der Waals surface area contributed by atoms with Gasteiger partial charge in [-0.3, -0.25) is 9.59 Å². The van der Waals surface area contributed by atoms with E-state index in [0.717, 1.165) is 24.8 Å². The molecule has 1 atom stereocenters. The van der Waals surface area contributed by atoms with E-state index in [9.17, 15) is 22.8 Å². The molecular weight excluding hydrogens is 533 g/mol. The highest BCUT2D eigenvalue weighted by atomic mass is 19.4. The van der Waals surface area contributed by atoms with Gasteiger partial charge in [0.1, 0.15) is 11.6 Å². The van der Waals surface area contributed by atoms with Crippen LogP contribution < -0.4 is 15.1 Å². The summed E-state index contributed by atoms with van der Waals surface area (Å²) in [6, 6.07) is 10.4. The summed E-state index contributed by atoms with van der Waals surface area (Å²) in [5.41, 5.74) is 1.61. The SMILES string of the molecule is CCNC(=O)CCC1CCN(c2cc(N3CCC[C@H]3C(=O)CCCc3ccc(C#N)cc3)nc(C(F)(F)F)n2)CC1. The van der Waals surface area contributed by atoms with Crippen molar-refractivity contribution in [3.8, 4) is 6.07 Å². The molecule has 2 fully saturated rings. The third kappa shape index (κ3) is 8.18. The molecule has 8 nitrogen and oxygen atoms in total. The van der Waals surface area contributed by atoms with Gasteiger partial charge in [0.05, 0.1) is 17.7 Å². The van der Waals surface area contributed by atoms with Crippen molar-refractivity contribution in [2.45, 2.75) is 76.9 Å². The molecule has 1 amide bonds. The number of aromatic nitrogens is 2. The van der Waals surface area contributed by atoms with Crippen LogP contribution in [0.3, 0.4) is 0 Å². The van der Waals surface area contributed by atoms with E-state index < -0.39 is 18.0 Å². The third-order valence-electron chi connectivity index (χ3n) is 7.94. The highest BCUT2D eigenvalue weighted by Crippen LogP contribution is 2.34. The van der Waals surface area contributed by atoms with Crippen LogP contribution in [0.1, 0.15) is 75.2 Å². The Kier molecular flexibility index (Phi) is 10.2. The Morgan fingerprint density at radius 1 is 1.05 bits per heavy atom. The zero-order valence-corrected chi connectivity index (χ0v) is 23.4. The van der Waals surface area contributed by atoms with Gasteiger partial charge in [-0.2, -0.15) is 18.4 Å². The van der Waals surface area contributed by atoms with E-state index in [1.54, 1.807) is 23.1 Å². The molecule has 0 radical (unpaired) electrons. The molecule has 11 heteroatoms. The number of hydrogen-bond acceptors (Lipinski definition) is 7. The molecular formula is C30H37F3N6O2. The molecule has 0 spiro atoms. The van der Waals surface area contributed by atoms with Crippen LogP contribution in [0.2, 0.25) is 0 Å². The second-order valence-electron chi connectivity index (χ2n) is 10.8. The summed E-state index contributed by atoms with van der Waals surface area (Å²) in [6.07, 6.45) is 0.917. The van der Waals surface area contributed by atoms with Gasteiger partial charge < -0.3 is 15.1 Å². The molecule has 0 bridgehead atoms. The number of Topliss-reactive ketones (excluding diaryl/α,β-unsaturated/α-hetero) is 1. The van der Waals surface area contributed by atoms with Crippen LogP contribution >= 0.6 is 0 Å². The van der Waals surface area contributed by atoms with E-state index in [2.05, 4.69) is 21.4 Å². The summed E-state index contributed by atoms with van der Waals surface area (Å²) >= 11 is 0. The fraction of sp³-hybridized carbons (Fsp3) is 0.567. The van der Waals surface area contributed by atoms with E-state index in [1.165, 1.54) is 0 Å². The number of aryl methyl sites for hydroxylation is 1. The van der Waals surface area contributed by atoms with E-state index >= 15 is 0 Å². The van der Waals surface area contributed by atoms with Crippen molar-refractivity contribution in [3.05, 3.63) is 47.3 Å². The zero-order chi connectivity index (χ0) is 29.4. The Bertz CT molecular complexity index is 1240. The summed E-state index contributed by atoms with van der Waals surface area (Å²) in [4.78, 5) is 36.3. The number of amides is 1. The molecule has 1 N–H and O–H groups in total. The minimum atomic E-state index is -4.71. The minimum absolute atomic E-state index is 0.00205. The van der Waals surface area contributed by atoms with Crippen LogP contribution in [0.4, 0.5) is 24.8 Å². The molecule has 3 heterocycles. The first-order valence-electron chi connectivity index (χ1n) is 14.4. The van der Waals surface area contributed by atoms with Crippen molar-refractivity contribution in [1.82, 2.24) is 15.3 Å². The van der Waals surface area contributed by atoms with Gasteiger partial charge in [-0.25, -0.2) is 9.97 Å². The number of carbonyl (C=O) groups is 2. The van der Waals surface area contributed by atoms with Gasteiger partial charge in [-0.1, -0.05) is 12.1 Å². The van der Waals surface area contributed by atoms with E-state index in [1.807, 2.05) is 24.0 Å². The highest BCUT2D eigenvalue weighted by Gasteiger charge is 2.38. The average Bonchev–Trinajstić information content (AvgIpc) is 3.47. The maximum absolute atomic E-state index is 13.8. The molecule has 0 saturated carbocycles. The first-order valence-corrected chi connectivity index (χ1v) is 14.4. The average molecular weight is 571 g/mol. The van der Waals surface area contributed by atoms with Crippen LogP contribution in [0.15, 0.2) is 30.3 Å². The molecule has 0 aliphatic carbocycles. The van der Waals surface area contributed by atoms with Gasteiger partial charge >= 0.3 is 6.18 Å². The van der Waals surface area contributed by atoms with Crippen molar-refractivity contribution in [1.29, 1.82) is 5.26 Å². The van der Waals surface area contributed by atoms with Gasteiger partial charge in [0.25, 0.3) is 0 Å². The van der Waals surface area contributed by atoms with Crippen LogP contribution in [0, 0.1) is 17.2 Å². The lowest BCUT2D eigenvalue weighted by molar-refractivity contribution is -0.144. The fourth-order valence-electron chi connectivity index (χ4n) is 5.68. The smallest absolute Gasteiger partial charge is 0.356 e. The second kappa shape index (κ2) is 13.8. The Labute approximate surface area is 238 Å². The summed E-state index contributed by atoms with van der Waals surface area (Å²) in [7, 11) is 0. The maximum atomic E-state index is 13.8. The largest absolute Gasteiger partial charge is 0.451 e. The molecule has 2 aliphatic rings. The van der Waals surface area contributed by atoms with Crippen molar-refractivity contribution in [2.75, 3.05) is 36.0 Å². The first kappa shape index (κ1) is 30.3. The number of nitrogens with one attached hydrogen (secondary N) is 1. The quantitative estimate of drug-likeness (QED) is 0.403. The topological polar surface area (TPSA) is 102 Å². The number of anilines is 2. The zero-order valence-electron chi connectivity index (χ0n) is 23.4. The highest BCUT2D eigenvalue weighted by molar-refractivity contribution is 5.87. The molecule has 4 rings (SSSR count). The Hall–Kier alpha value is -3.68. The summed E-state index contributed by atoms with van der Waals surface area (Å²) in [5, 5.41) is 11.7. The fourth-order valence-corrected chi connectivity index (χ4v) is 5.68. The van der Waals surface area contributed by atoms with Crippen molar-refractivity contribution in [3.63, 3.8) is 0 Å². The Balaban J connectivity index is 1.41. The van der Waals surface area contributed by atoms with Crippen molar-refractivity contribution in [2.24, 2.45) is 5.92 Å². The molecule has 0 unspecified atom stereocenters. The molecule has 2 aliphatic heterocycles. The number of rotatable bonds is 11. The lowest BCUT2D eigenvalue weighted by Gasteiger charge is -2.34. The standard InChI is InChI=1S/C30H37F3N6O2/c1-2-35-28(41)13-12-22-14-17-38(18-15-22)26-19-27(37-29(36-26)30(31,32)33)39-16-4-6-24(39)25(40)7-3-5-21-8-10-23(20-34)11-9-21/h8-11,19,22,24H,2-7,12-18H2,1H3,(H,35,41)/t24-/m0/s1. The number of halogens is 3. The molecule has 1 aromatic heterocycles. The number of carbonyl (C=O) groups excluding carboxylic acids is 2. The Morgan fingerprint density at radius 2 is 1.76 bits per heavy atom. The second-order valence-corrected chi connectivity index (χ2v) is 10.8.